The minimum Gasteiger partial charge on any atom is -0.497 e. The van der Waals surface area contributed by atoms with Crippen molar-refractivity contribution in [2.75, 3.05) is 13.7 Å². The molecule has 0 saturated carbocycles. The predicted molar refractivity (Wildman–Crippen MR) is 107 cm³/mol. The maximum Gasteiger partial charge on any atom is 0.258 e. The number of aromatic nitrogens is 3. The van der Waals surface area contributed by atoms with Crippen molar-refractivity contribution in [2.24, 2.45) is 0 Å². The molecule has 146 valence electrons. The van der Waals surface area contributed by atoms with E-state index in [9.17, 15) is 4.79 Å². The average Bonchev–Trinajstić information content (AvgIpc) is 3.17. The third-order valence-corrected chi connectivity index (χ3v) is 4.68. The maximum absolute atomic E-state index is 12.0. The molecule has 1 aromatic heterocycles. The van der Waals surface area contributed by atoms with Crippen molar-refractivity contribution < 1.29 is 14.3 Å². The van der Waals surface area contributed by atoms with Crippen molar-refractivity contribution >= 4 is 40.7 Å². The Balaban J connectivity index is 1.52. The fourth-order valence-electron chi connectivity index (χ4n) is 2.24. The maximum atomic E-state index is 12.0. The minimum absolute atomic E-state index is 0.167. The normalized spacial score (nSPS) is 10.6. The third kappa shape index (κ3) is 5.07. The van der Waals surface area contributed by atoms with Gasteiger partial charge in [0.15, 0.2) is 12.4 Å². The molecule has 7 nitrogen and oxygen atoms in total. The van der Waals surface area contributed by atoms with Crippen molar-refractivity contribution in [3.63, 3.8) is 0 Å². The molecule has 0 radical (unpaired) electrons. The minimum atomic E-state index is -0.357. The summed E-state index contributed by atoms with van der Waals surface area (Å²) in [7, 11) is 1.60. The van der Waals surface area contributed by atoms with E-state index in [0.29, 0.717) is 16.7 Å². The van der Waals surface area contributed by atoms with E-state index in [2.05, 4.69) is 20.5 Å². The number of nitrogens with zero attached hydrogens (tertiary/aromatic N) is 2. The van der Waals surface area contributed by atoms with Crippen LogP contribution in [0.5, 0.6) is 11.5 Å². The summed E-state index contributed by atoms with van der Waals surface area (Å²) in [5, 5.41) is 10.5. The van der Waals surface area contributed by atoms with Crippen LogP contribution in [0, 0.1) is 0 Å². The first-order chi connectivity index (χ1) is 13.5. The fraction of sp³-hybridized carbons (Fsp3) is 0.167. The van der Waals surface area contributed by atoms with E-state index in [0.717, 1.165) is 11.3 Å². The van der Waals surface area contributed by atoms with Gasteiger partial charge in [-0.05, 0) is 30.3 Å². The van der Waals surface area contributed by atoms with Gasteiger partial charge in [0.2, 0.25) is 0 Å². The molecule has 10 heteroatoms. The Morgan fingerprint density at radius 1 is 1.11 bits per heavy atom. The van der Waals surface area contributed by atoms with Gasteiger partial charge in [0.05, 0.1) is 28.7 Å². The molecule has 0 bridgehead atoms. The fourth-order valence-corrected chi connectivity index (χ4v) is 2.83. The molecule has 1 amide bonds. The van der Waals surface area contributed by atoms with Gasteiger partial charge in [-0.25, -0.2) is 4.98 Å². The number of carbonyl (C=O) groups excluding carboxylic acids is 1. The number of ether oxygens (including phenoxy) is 2. The Kier molecular flexibility index (Phi) is 6.61. The Hall–Kier alpha value is -2.48. The second-order valence-corrected chi connectivity index (χ2v) is 6.82. The lowest BCUT2D eigenvalue weighted by atomic mass is 10.2. The van der Waals surface area contributed by atoms with Crippen LogP contribution >= 0.6 is 34.8 Å². The summed E-state index contributed by atoms with van der Waals surface area (Å²) < 4.78 is 10.5. The average molecular weight is 442 g/mol. The summed E-state index contributed by atoms with van der Waals surface area (Å²) in [5.41, 5.74) is 0.826. The lowest BCUT2D eigenvalue weighted by molar-refractivity contribution is -0.123. The molecule has 0 saturated heterocycles. The van der Waals surface area contributed by atoms with Gasteiger partial charge in [-0.1, -0.05) is 34.8 Å². The van der Waals surface area contributed by atoms with Crippen LogP contribution in [0.1, 0.15) is 5.82 Å². The van der Waals surface area contributed by atoms with E-state index >= 15 is 0 Å². The smallest absolute Gasteiger partial charge is 0.258 e. The highest BCUT2D eigenvalue weighted by molar-refractivity contribution is 6.43. The summed E-state index contributed by atoms with van der Waals surface area (Å²) in [4.78, 5) is 16.3. The lowest BCUT2D eigenvalue weighted by Gasteiger charge is -2.09. The highest BCUT2D eigenvalue weighted by atomic mass is 35.5. The number of hydrogen-bond donors (Lipinski definition) is 2. The molecule has 3 rings (SSSR count). The number of aromatic amines is 1. The van der Waals surface area contributed by atoms with E-state index in [1.165, 1.54) is 12.1 Å². The molecule has 0 aliphatic carbocycles. The number of methoxy groups -OCH3 is 1. The van der Waals surface area contributed by atoms with Gasteiger partial charge in [0, 0.05) is 11.6 Å². The second-order valence-electron chi connectivity index (χ2n) is 5.60. The number of hydrogen-bond acceptors (Lipinski definition) is 5. The van der Waals surface area contributed by atoms with Crippen molar-refractivity contribution in [3.05, 3.63) is 57.3 Å². The van der Waals surface area contributed by atoms with Crippen LogP contribution in [0.25, 0.3) is 11.4 Å². The van der Waals surface area contributed by atoms with Gasteiger partial charge in [0.25, 0.3) is 5.91 Å². The Bertz CT molecular complexity index is 977. The molecule has 2 aromatic carbocycles. The number of carbonyl (C=O) groups is 1. The number of benzene rings is 2. The van der Waals surface area contributed by atoms with Gasteiger partial charge in [0.1, 0.15) is 17.3 Å². The molecule has 1 heterocycles. The molecular formula is C18H15Cl3N4O3. The Labute approximate surface area is 175 Å². The van der Waals surface area contributed by atoms with Crippen molar-refractivity contribution in [1.82, 2.24) is 20.5 Å². The van der Waals surface area contributed by atoms with Crippen LogP contribution in [0.4, 0.5) is 0 Å². The van der Waals surface area contributed by atoms with Gasteiger partial charge in [-0.3, -0.25) is 9.89 Å². The standard InChI is InChI=1S/C18H15Cl3N4O3/c1-27-11-4-2-10(3-5-11)18-23-16(24-25-18)8-22-17(26)9-28-15-7-13(20)12(19)6-14(15)21/h2-7H,8-9H2,1H3,(H,22,26)(H,23,24,25). The molecule has 0 spiro atoms. The number of halogens is 3. The molecule has 28 heavy (non-hydrogen) atoms. The number of rotatable bonds is 7. The van der Waals surface area contributed by atoms with Gasteiger partial charge in [-0.2, -0.15) is 5.10 Å². The van der Waals surface area contributed by atoms with Crippen molar-refractivity contribution in [3.8, 4) is 22.9 Å². The van der Waals surface area contributed by atoms with Crippen LogP contribution in [0.2, 0.25) is 15.1 Å². The first-order valence-corrected chi connectivity index (χ1v) is 9.19. The van der Waals surface area contributed by atoms with E-state index in [4.69, 9.17) is 44.3 Å². The zero-order valence-electron chi connectivity index (χ0n) is 14.6. The molecule has 0 unspecified atom stereocenters. The Morgan fingerprint density at radius 3 is 2.54 bits per heavy atom. The summed E-state index contributed by atoms with van der Waals surface area (Å²) in [6.45, 7) is -0.0718. The van der Waals surface area contributed by atoms with Crippen LogP contribution < -0.4 is 14.8 Å². The molecule has 0 aliphatic heterocycles. The number of amides is 1. The quantitative estimate of drug-likeness (QED) is 0.538. The zero-order chi connectivity index (χ0) is 20.1. The first-order valence-electron chi connectivity index (χ1n) is 8.06. The molecule has 2 N–H and O–H groups in total. The van der Waals surface area contributed by atoms with Crippen LogP contribution in [-0.2, 0) is 11.3 Å². The van der Waals surface area contributed by atoms with Gasteiger partial charge < -0.3 is 14.8 Å². The number of H-pyrrole nitrogens is 1. The van der Waals surface area contributed by atoms with Crippen LogP contribution in [0.3, 0.4) is 0 Å². The first kappa shape index (κ1) is 20.3. The topological polar surface area (TPSA) is 89.1 Å². The highest BCUT2D eigenvalue weighted by Crippen LogP contribution is 2.33. The second kappa shape index (κ2) is 9.14. The Morgan fingerprint density at radius 2 is 1.82 bits per heavy atom. The van der Waals surface area contributed by atoms with E-state index in [1.54, 1.807) is 7.11 Å². The zero-order valence-corrected chi connectivity index (χ0v) is 16.9. The molecular weight excluding hydrogens is 427 g/mol. The van der Waals surface area contributed by atoms with Crippen molar-refractivity contribution in [2.45, 2.75) is 6.54 Å². The molecule has 3 aromatic rings. The predicted octanol–water partition coefficient (Wildman–Crippen LogP) is 4.14. The van der Waals surface area contributed by atoms with Gasteiger partial charge in [-0.15, -0.1) is 0 Å². The number of nitrogens with one attached hydrogen (secondary N) is 2. The summed E-state index contributed by atoms with van der Waals surface area (Å²) in [5.74, 6) is 1.68. The van der Waals surface area contributed by atoms with Crippen LogP contribution in [0.15, 0.2) is 36.4 Å². The highest BCUT2D eigenvalue weighted by Gasteiger charge is 2.11. The van der Waals surface area contributed by atoms with Crippen LogP contribution in [-0.4, -0.2) is 34.8 Å². The molecule has 0 aliphatic rings. The molecule has 0 atom stereocenters. The van der Waals surface area contributed by atoms with E-state index in [-0.39, 0.29) is 34.9 Å². The van der Waals surface area contributed by atoms with Gasteiger partial charge >= 0.3 is 0 Å². The summed E-state index contributed by atoms with van der Waals surface area (Å²) >= 11 is 17.8. The third-order valence-electron chi connectivity index (χ3n) is 3.67. The lowest BCUT2D eigenvalue weighted by Crippen LogP contribution is -2.28. The van der Waals surface area contributed by atoms with E-state index < -0.39 is 0 Å². The van der Waals surface area contributed by atoms with Crippen molar-refractivity contribution in [1.29, 1.82) is 0 Å². The summed E-state index contributed by atoms with van der Waals surface area (Å²) in [6.07, 6.45) is 0. The largest absolute Gasteiger partial charge is 0.497 e. The monoisotopic (exact) mass is 440 g/mol. The SMILES string of the molecule is COc1ccc(-c2n[nH]c(CNC(=O)COc3cc(Cl)c(Cl)cc3Cl)n2)cc1. The molecule has 0 fully saturated rings. The van der Waals surface area contributed by atoms with E-state index in [1.807, 2.05) is 24.3 Å². The summed E-state index contributed by atoms with van der Waals surface area (Å²) in [6, 6.07) is 10.2.